The van der Waals surface area contributed by atoms with E-state index < -0.39 is 0 Å². The number of benzene rings is 2. The van der Waals surface area contributed by atoms with Crippen LogP contribution < -0.4 is 10.6 Å². The van der Waals surface area contributed by atoms with Crippen molar-refractivity contribution in [3.05, 3.63) is 64.7 Å². The number of hydrogen-bond acceptors (Lipinski definition) is 3. The van der Waals surface area contributed by atoms with Gasteiger partial charge >= 0.3 is 0 Å². The molecule has 0 radical (unpaired) electrons. The Morgan fingerprint density at radius 1 is 1.26 bits per heavy atom. The van der Waals surface area contributed by atoms with Crippen LogP contribution >= 0.6 is 11.8 Å². The zero-order valence-electron chi connectivity index (χ0n) is 12.9. The Morgan fingerprint density at radius 2 is 2.13 bits per heavy atom. The van der Waals surface area contributed by atoms with E-state index in [-0.39, 0.29) is 11.8 Å². The second-order valence-electron chi connectivity index (χ2n) is 5.58. The van der Waals surface area contributed by atoms with Gasteiger partial charge in [0.15, 0.2) is 0 Å². The summed E-state index contributed by atoms with van der Waals surface area (Å²) in [7, 11) is 0. The van der Waals surface area contributed by atoms with Gasteiger partial charge in [-0.15, -0.1) is 11.8 Å². The predicted octanol–water partition coefficient (Wildman–Crippen LogP) is 3.11. The van der Waals surface area contributed by atoms with Crippen LogP contribution in [0.3, 0.4) is 0 Å². The Morgan fingerprint density at radius 3 is 2.96 bits per heavy atom. The van der Waals surface area contributed by atoms with E-state index in [9.17, 15) is 9.59 Å². The van der Waals surface area contributed by atoms with Gasteiger partial charge in [-0.25, -0.2) is 0 Å². The van der Waals surface area contributed by atoms with E-state index in [4.69, 9.17) is 0 Å². The summed E-state index contributed by atoms with van der Waals surface area (Å²) in [5.74, 6) is 1.06. The van der Waals surface area contributed by atoms with Crippen LogP contribution in [0.25, 0.3) is 0 Å². The van der Waals surface area contributed by atoms with E-state index in [1.54, 1.807) is 17.8 Å². The van der Waals surface area contributed by atoms with Crippen LogP contribution in [0.2, 0.25) is 0 Å². The molecule has 4 nitrogen and oxygen atoms in total. The van der Waals surface area contributed by atoms with E-state index in [1.807, 2.05) is 18.2 Å². The van der Waals surface area contributed by atoms with Crippen LogP contribution in [0.4, 0.5) is 5.69 Å². The standard InChI is InChI=1S/C18H18N2O2S/c1-12-3-2-4-13(7-12)10-23-11-17(21)20-15-6-5-14-9-19-18(22)16(14)8-15/h2-8H,9-11H2,1H3,(H,19,22)(H,20,21). The normalized spacial score (nSPS) is 12.7. The van der Waals surface area contributed by atoms with Gasteiger partial charge in [0.2, 0.25) is 5.91 Å². The molecule has 1 aliphatic rings. The van der Waals surface area contributed by atoms with Crippen molar-refractivity contribution in [2.24, 2.45) is 0 Å². The molecule has 0 unspecified atom stereocenters. The minimum absolute atomic E-state index is 0.0546. The average Bonchev–Trinajstić information content (AvgIpc) is 2.88. The van der Waals surface area contributed by atoms with Gasteiger partial charge in [-0.2, -0.15) is 0 Å². The molecule has 2 amide bonds. The van der Waals surface area contributed by atoms with Gasteiger partial charge in [0.25, 0.3) is 5.91 Å². The fourth-order valence-electron chi connectivity index (χ4n) is 2.55. The van der Waals surface area contributed by atoms with Gasteiger partial charge in [0, 0.05) is 23.5 Å². The predicted molar refractivity (Wildman–Crippen MR) is 93.6 cm³/mol. The third-order valence-electron chi connectivity index (χ3n) is 3.66. The maximum Gasteiger partial charge on any atom is 0.251 e. The van der Waals surface area contributed by atoms with E-state index >= 15 is 0 Å². The number of carbonyl (C=O) groups excluding carboxylic acids is 2. The number of thioether (sulfide) groups is 1. The highest BCUT2D eigenvalue weighted by atomic mass is 32.2. The maximum absolute atomic E-state index is 12.0. The molecule has 0 aliphatic carbocycles. The van der Waals surface area contributed by atoms with E-state index in [0.29, 0.717) is 23.5 Å². The molecule has 0 saturated heterocycles. The monoisotopic (exact) mass is 326 g/mol. The summed E-state index contributed by atoms with van der Waals surface area (Å²) in [5, 5.41) is 5.62. The Kier molecular flexibility index (Phi) is 4.67. The van der Waals surface area contributed by atoms with Crippen molar-refractivity contribution < 1.29 is 9.59 Å². The van der Waals surface area contributed by atoms with Crippen LogP contribution in [0.5, 0.6) is 0 Å². The first-order valence-electron chi connectivity index (χ1n) is 7.46. The van der Waals surface area contributed by atoms with E-state index in [1.165, 1.54) is 11.1 Å². The molecule has 0 atom stereocenters. The van der Waals surface area contributed by atoms with Crippen LogP contribution in [0.1, 0.15) is 27.0 Å². The number of carbonyl (C=O) groups is 2. The number of amides is 2. The Balaban J connectivity index is 1.52. The van der Waals surface area contributed by atoms with Gasteiger partial charge in [-0.3, -0.25) is 9.59 Å². The van der Waals surface area contributed by atoms with Crippen molar-refractivity contribution >= 4 is 29.3 Å². The second-order valence-corrected chi connectivity index (χ2v) is 6.57. The molecule has 2 aromatic rings. The van der Waals surface area contributed by atoms with Gasteiger partial charge in [-0.05, 0) is 30.2 Å². The minimum atomic E-state index is -0.0788. The third kappa shape index (κ3) is 3.93. The Labute approximate surface area is 139 Å². The molecule has 0 aromatic heterocycles. The third-order valence-corrected chi connectivity index (χ3v) is 4.67. The number of aryl methyl sites for hydroxylation is 1. The molecule has 0 spiro atoms. The van der Waals surface area contributed by atoms with Crippen molar-refractivity contribution in [2.75, 3.05) is 11.1 Å². The average molecular weight is 326 g/mol. The largest absolute Gasteiger partial charge is 0.348 e. The Bertz CT molecular complexity index is 758. The first-order valence-corrected chi connectivity index (χ1v) is 8.61. The van der Waals surface area contributed by atoms with Crippen LogP contribution in [0, 0.1) is 6.92 Å². The molecule has 0 bridgehead atoms. The maximum atomic E-state index is 12.0. The first kappa shape index (κ1) is 15.6. The zero-order chi connectivity index (χ0) is 16.2. The molecule has 0 saturated carbocycles. The highest BCUT2D eigenvalue weighted by Crippen LogP contribution is 2.20. The highest BCUT2D eigenvalue weighted by molar-refractivity contribution is 7.99. The lowest BCUT2D eigenvalue weighted by atomic mass is 10.1. The minimum Gasteiger partial charge on any atom is -0.348 e. The number of rotatable bonds is 5. The lowest BCUT2D eigenvalue weighted by Gasteiger charge is -2.07. The Hall–Kier alpha value is -2.27. The molecule has 23 heavy (non-hydrogen) atoms. The molecule has 2 aromatic carbocycles. The van der Waals surface area contributed by atoms with Crippen LogP contribution in [-0.2, 0) is 17.1 Å². The molecule has 3 rings (SSSR count). The molecule has 5 heteroatoms. The summed E-state index contributed by atoms with van der Waals surface area (Å²) in [6, 6.07) is 13.7. The number of nitrogens with one attached hydrogen (secondary N) is 2. The number of fused-ring (bicyclic) bond motifs is 1. The molecule has 1 aliphatic heterocycles. The van der Waals surface area contributed by atoms with Crippen molar-refractivity contribution in [3.8, 4) is 0 Å². The molecule has 2 N–H and O–H groups in total. The summed E-state index contributed by atoms with van der Waals surface area (Å²) in [6.45, 7) is 2.62. The SMILES string of the molecule is Cc1cccc(CSCC(=O)Nc2ccc3c(c2)C(=O)NC3)c1. The van der Waals surface area contributed by atoms with Crippen LogP contribution in [0.15, 0.2) is 42.5 Å². The number of anilines is 1. The zero-order valence-corrected chi connectivity index (χ0v) is 13.7. The fourth-order valence-corrected chi connectivity index (χ4v) is 3.33. The van der Waals surface area contributed by atoms with Crippen molar-refractivity contribution in [3.63, 3.8) is 0 Å². The summed E-state index contributed by atoms with van der Waals surface area (Å²) >= 11 is 1.58. The summed E-state index contributed by atoms with van der Waals surface area (Å²) in [4.78, 5) is 23.7. The smallest absolute Gasteiger partial charge is 0.251 e. The lowest BCUT2D eigenvalue weighted by molar-refractivity contribution is -0.113. The van der Waals surface area contributed by atoms with Crippen molar-refractivity contribution in [1.82, 2.24) is 5.32 Å². The van der Waals surface area contributed by atoms with Gasteiger partial charge in [-0.1, -0.05) is 35.9 Å². The summed E-state index contributed by atoms with van der Waals surface area (Å²) < 4.78 is 0. The molecule has 1 heterocycles. The van der Waals surface area contributed by atoms with Gasteiger partial charge in [0.1, 0.15) is 0 Å². The summed E-state index contributed by atoms with van der Waals surface area (Å²) in [5.41, 5.74) is 4.74. The summed E-state index contributed by atoms with van der Waals surface area (Å²) in [6.07, 6.45) is 0. The molecule has 0 fully saturated rings. The van der Waals surface area contributed by atoms with Gasteiger partial charge in [0.05, 0.1) is 5.75 Å². The van der Waals surface area contributed by atoms with Gasteiger partial charge < -0.3 is 10.6 Å². The van der Waals surface area contributed by atoms with Crippen molar-refractivity contribution in [1.29, 1.82) is 0 Å². The fraction of sp³-hybridized carbons (Fsp3) is 0.222. The highest BCUT2D eigenvalue weighted by Gasteiger charge is 2.18. The van der Waals surface area contributed by atoms with E-state index in [2.05, 4.69) is 35.8 Å². The topological polar surface area (TPSA) is 58.2 Å². The lowest BCUT2D eigenvalue weighted by Crippen LogP contribution is -2.15. The van der Waals surface area contributed by atoms with Crippen LogP contribution in [-0.4, -0.2) is 17.6 Å². The molecule has 118 valence electrons. The van der Waals surface area contributed by atoms with Crippen molar-refractivity contribution in [2.45, 2.75) is 19.2 Å². The molecular formula is C18H18N2O2S. The first-order chi connectivity index (χ1) is 11.1. The van der Waals surface area contributed by atoms with E-state index in [0.717, 1.165) is 11.3 Å². The second kappa shape index (κ2) is 6.87. The number of hydrogen-bond donors (Lipinski definition) is 2. The molecular weight excluding hydrogens is 308 g/mol. The quantitative estimate of drug-likeness (QED) is 0.887.